The third-order valence-electron chi connectivity index (χ3n) is 3.66. The van der Waals surface area contributed by atoms with E-state index in [9.17, 15) is 4.79 Å². The summed E-state index contributed by atoms with van der Waals surface area (Å²) < 4.78 is 0. The van der Waals surface area contributed by atoms with E-state index in [4.69, 9.17) is 5.11 Å². The molecule has 0 heterocycles. The largest absolute Gasteiger partial charge is 0.481 e. The first-order valence-corrected chi connectivity index (χ1v) is 6.54. The summed E-state index contributed by atoms with van der Waals surface area (Å²) in [4.78, 5) is 13.2. The van der Waals surface area contributed by atoms with Gasteiger partial charge in [0.25, 0.3) is 0 Å². The first-order chi connectivity index (χ1) is 7.63. The minimum Gasteiger partial charge on any atom is -0.481 e. The minimum absolute atomic E-state index is 0.0720. The van der Waals surface area contributed by atoms with Crippen LogP contribution in [-0.2, 0) is 4.79 Å². The normalized spacial score (nSPS) is 25.9. The maximum atomic E-state index is 10.8. The Balaban J connectivity index is 2.18. The second-order valence-electron chi connectivity index (χ2n) is 5.17. The van der Waals surface area contributed by atoms with Crippen molar-refractivity contribution in [1.29, 1.82) is 0 Å². The third-order valence-corrected chi connectivity index (χ3v) is 3.66. The molecule has 94 valence electrons. The maximum absolute atomic E-state index is 10.8. The number of unbranched alkanes of at least 4 members (excludes halogenated alkanes) is 1. The molecule has 0 spiro atoms. The third kappa shape index (κ3) is 4.52. The summed E-state index contributed by atoms with van der Waals surface area (Å²) >= 11 is 0. The highest BCUT2D eigenvalue weighted by atomic mass is 16.4. The standard InChI is InChI=1S/C13H25NO2/c1-3-4-9-14(2)10-11-5-7-12(8-6-11)13(15)16/h11-12H,3-10H2,1-2H3,(H,15,16). The van der Waals surface area contributed by atoms with Crippen molar-refractivity contribution in [2.45, 2.75) is 45.4 Å². The van der Waals surface area contributed by atoms with Crippen LogP contribution >= 0.6 is 0 Å². The van der Waals surface area contributed by atoms with Gasteiger partial charge in [0.2, 0.25) is 0 Å². The molecule has 3 heteroatoms. The molecule has 1 rings (SSSR count). The number of carboxylic acids is 1. The Morgan fingerprint density at radius 3 is 2.44 bits per heavy atom. The van der Waals surface area contributed by atoms with Gasteiger partial charge in [-0.05, 0) is 51.6 Å². The van der Waals surface area contributed by atoms with Crippen molar-refractivity contribution in [3.05, 3.63) is 0 Å². The maximum Gasteiger partial charge on any atom is 0.306 e. The molecular formula is C13H25NO2. The van der Waals surface area contributed by atoms with Crippen LogP contribution in [0.5, 0.6) is 0 Å². The Morgan fingerprint density at radius 1 is 1.31 bits per heavy atom. The average Bonchev–Trinajstić information content (AvgIpc) is 2.27. The van der Waals surface area contributed by atoms with Gasteiger partial charge in [-0.1, -0.05) is 13.3 Å². The highest BCUT2D eigenvalue weighted by Gasteiger charge is 2.26. The molecule has 1 N–H and O–H groups in total. The van der Waals surface area contributed by atoms with Crippen LogP contribution in [-0.4, -0.2) is 36.1 Å². The van der Waals surface area contributed by atoms with Gasteiger partial charge in [-0.15, -0.1) is 0 Å². The molecule has 1 fully saturated rings. The monoisotopic (exact) mass is 227 g/mol. The lowest BCUT2D eigenvalue weighted by Crippen LogP contribution is -2.30. The first-order valence-electron chi connectivity index (χ1n) is 6.54. The SMILES string of the molecule is CCCCN(C)CC1CCC(C(=O)O)CC1. The summed E-state index contributed by atoms with van der Waals surface area (Å²) in [6.45, 7) is 4.54. The topological polar surface area (TPSA) is 40.5 Å². The van der Waals surface area contributed by atoms with Crippen LogP contribution in [0.2, 0.25) is 0 Å². The molecule has 0 saturated heterocycles. The summed E-state index contributed by atoms with van der Waals surface area (Å²) in [6, 6.07) is 0. The zero-order valence-electron chi connectivity index (χ0n) is 10.6. The summed E-state index contributed by atoms with van der Waals surface area (Å²) in [5.41, 5.74) is 0. The number of nitrogens with zero attached hydrogens (tertiary/aromatic N) is 1. The van der Waals surface area contributed by atoms with Crippen LogP contribution < -0.4 is 0 Å². The predicted octanol–water partition coefficient (Wildman–Crippen LogP) is 2.61. The van der Waals surface area contributed by atoms with E-state index in [0.29, 0.717) is 0 Å². The molecule has 16 heavy (non-hydrogen) atoms. The molecule has 1 aliphatic carbocycles. The molecule has 3 nitrogen and oxygen atoms in total. The smallest absolute Gasteiger partial charge is 0.306 e. The zero-order valence-corrected chi connectivity index (χ0v) is 10.6. The van der Waals surface area contributed by atoms with Gasteiger partial charge in [0, 0.05) is 6.54 Å². The van der Waals surface area contributed by atoms with E-state index in [0.717, 1.165) is 38.1 Å². The van der Waals surface area contributed by atoms with Gasteiger partial charge in [-0.2, -0.15) is 0 Å². The van der Waals surface area contributed by atoms with E-state index in [-0.39, 0.29) is 5.92 Å². The second-order valence-corrected chi connectivity index (χ2v) is 5.17. The van der Waals surface area contributed by atoms with Crippen molar-refractivity contribution in [2.24, 2.45) is 11.8 Å². The van der Waals surface area contributed by atoms with Crippen molar-refractivity contribution < 1.29 is 9.90 Å². The summed E-state index contributed by atoms with van der Waals surface area (Å²) in [7, 11) is 2.18. The van der Waals surface area contributed by atoms with Gasteiger partial charge in [-0.3, -0.25) is 4.79 Å². The average molecular weight is 227 g/mol. The number of aliphatic carboxylic acids is 1. The molecule has 1 saturated carbocycles. The Bertz CT molecular complexity index is 210. The number of hydrogen-bond acceptors (Lipinski definition) is 2. The predicted molar refractivity (Wildman–Crippen MR) is 65.5 cm³/mol. The molecule has 0 aromatic rings. The molecule has 0 unspecified atom stereocenters. The van der Waals surface area contributed by atoms with Crippen molar-refractivity contribution in [3.63, 3.8) is 0 Å². The van der Waals surface area contributed by atoms with Gasteiger partial charge in [0.1, 0.15) is 0 Å². The molecule has 0 bridgehead atoms. The Morgan fingerprint density at radius 2 is 1.94 bits per heavy atom. The minimum atomic E-state index is -0.599. The molecule has 1 aliphatic rings. The van der Waals surface area contributed by atoms with E-state index in [2.05, 4.69) is 18.9 Å². The lowest BCUT2D eigenvalue weighted by molar-refractivity contribution is -0.143. The summed E-state index contributed by atoms with van der Waals surface area (Å²) in [6.07, 6.45) is 6.45. The number of rotatable bonds is 6. The van der Waals surface area contributed by atoms with Gasteiger partial charge in [0.05, 0.1) is 5.92 Å². The van der Waals surface area contributed by atoms with Gasteiger partial charge in [-0.25, -0.2) is 0 Å². The van der Waals surface area contributed by atoms with Crippen molar-refractivity contribution >= 4 is 5.97 Å². The van der Waals surface area contributed by atoms with Crippen LogP contribution in [0.1, 0.15) is 45.4 Å². The van der Waals surface area contributed by atoms with Crippen LogP contribution in [0.15, 0.2) is 0 Å². The molecule has 0 atom stereocenters. The van der Waals surface area contributed by atoms with Crippen molar-refractivity contribution in [2.75, 3.05) is 20.1 Å². The van der Waals surface area contributed by atoms with E-state index in [1.807, 2.05) is 0 Å². The fourth-order valence-electron chi connectivity index (χ4n) is 2.55. The first kappa shape index (κ1) is 13.5. The van der Waals surface area contributed by atoms with Gasteiger partial charge < -0.3 is 10.0 Å². The van der Waals surface area contributed by atoms with E-state index in [1.165, 1.54) is 19.4 Å². The Hall–Kier alpha value is -0.570. The fraction of sp³-hybridized carbons (Fsp3) is 0.923. The fourth-order valence-corrected chi connectivity index (χ4v) is 2.55. The molecule has 0 aliphatic heterocycles. The highest BCUT2D eigenvalue weighted by molar-refractivity contribution is 5.69. The summed E-state index contributed by atoms with van der Waals surface area (Å²) in [5, 5.41) is 8.91. The van der Waals surface area contributed by atoms with E-state index < -0.39 is 5.97 Å². The molecule has 0 amide bonds. The molecule has 0 aromatic heterocycles. The highest BCUT2D eigenvalue weighted by Crippen LogP contribution is 2.29. The molecule has 0 aromatic carbocycles. The van der Waals surface area contributed by atoms with Crippen LogP contribution in [0, 0.1) is 11.8 Å². The summed E-state index contributed by atoms with van der Waals surface area (Å²) in [5.74, 6) is 0.0486. The van der Waals surface area contributed by atoms with Crippen molar-refractivity contribution in [1.82, 2.24) is 4.90 Å². The zero-order chi connectivity index (χ0) is 12.0. The quantitative estimate of drug-likeness (QED) is 0.758. The van der Waals surface area contributed by atoms with Gasteiger partial charge in [0.15, 0.2) is 0 Å². The van der Waals surface area contributed by atoms with Crippen LogP contribution in [0.4, 0.5) is 0 Å². The Labute approximate surface area is 98.8 Å². The van der Waals surface area contributed by atoms with E-state index in [1.54, 1.807) is 0 Å². The Kier molecular flexibility index (Phi) is 5.81. The van der Waals surface area contributed by atoms with Crippen molar-refractivity contribution in [3.8, 4) is 0 Å². The lowest BCUT2D eigenvalue weighted by atomic mass is 9.82. The lowest BCUT2D eigenvalue weighted by Gasteiger charge is -2.29. The second kappa shape index (κ2) is 6.89. The number of carboxylic acid groups (broad SMARTS) is 1. The number of hydrogen-bond donors (Lipinski definition) is 1. The molecular weight excluding hydrogens is 202 g/mol. The number of carbonyl (C=O) groups is 1. The van der Waals surface area contributed by atoms with E-state index >= 15 is 0 Å². The van der Waals surface area contributed by atoms with Crippen LogP contribution in [0.3, 0.4) is 0 Å². The van der Waals surface area contributed by atoms with Crippen LogP contribution in [0.25, 0.3) is 0 Å². The van der Waals surface area contributed by atoms with Gasteiger partial charge >= 0.3 is 5.97 Å². The molecule has 0 radical (unpaired) electrons.